The van der Waals surface area contributed by atoms with Gasteiger partial charge >= 0.3 is 0 Å². The van der Waals surface area contributed by atoms with Crippen LogP contribution in [0.4, 0.5) is 4.39 Å². The van der Waals surface area contributed by atoms with Crippen LogP contribution in [0, 0.1) is 0 Å². The van der Waals surface area contributed by atoms with E-state index in [9.17, 15) is 4.39 Å². The first-order valence-corrected chi connectivity index (χ1v) is 3.03. The molecule has 0 radical (unpaired) electrons. The fraction of sp³-hybridized carbons (Fsp3) is 1.00. The maximum absolute atomic E-state index is 12.0. The van der Waals surface area contributed by atoms with Crippen LogP contribution in [0.15, 0.2) is 0 Å². The van der Waals surface area contributed by atoms with Crippen molar-refractivity contribution in [3.63, 3.8) is 0 Å². The highest BCUT2D eigenvalue weighted by molar-refractivity contribution is 4.92. The number of hydrogen-bond acceptors (Lipinski definition) is 1. The topological polar surface area (TPSA) is 20.2 Å². The van der Waals surface area contributed by atoms with Gasteiger partial charge in [-0.1, -0.05) is 6.92 Å². The number of alkyl halides is 1. The van der Waals surface area contributed by atoms with Crippen molar-refractivity contribution in [2.75, 3.05) is 0 Å². The second-order valence-electron chi connectivity index (χ2n) is 2.58. The van der Waals surface area contributed by atoms with Crippen molar-refractivity contribution in [1.29, 1.82) is 0 Å². The van der Waals surface area contributed by atoms with Crippen LogP contribution in [-0.4, -0.2) is 16.9 Å². The highest BCUT2D eigenvalue weighted by Gasteiger charge is 2.41. The Labute approximate surface area is 48.5 Å². The molecule has 1 rings (SSSR count). The lowest BCUT2D eigenvalue weighted by Crippen LogP contribution is -2.44. The highest BCUT2D eigenvalue weighted by atomic mass is 19.1. The van der Waals surface area contributed by atoms with Gasteiger partial charge in [-0.25, -0.2) is 4.39 Å². The van der Waals surface area contributed by atoms with Gasteiger partial charge in [0.15, 0.2) is 0 Å². The summed E-state index contributed by atoms with van der Waals surface area (Å²) in [6.07, 6.45) is 0.653. The lowest BCUT2D eigenvalue weighted by atomic mass is 9.77. The zero-order valence-corrected chi connectivity index (χ0v) is 5.02. The van der Waals surface area contributed by atoms with Crippen molar-refractivity contribution < 1.29 is 9.50 Å². The zero-order chi connectivity index (χ0) is 6.20. The number of hydrogen-bond donors (Lipinski definition) is 1. The third-order valence-electron chi connectivity index (χ3n) is 1.86. The molecule has 0 aliphatic heterocycles. The van der Waals surface area contributed by atoms with Gasteiger partial charge in [0.1, 0.15) is 6.17 Å². The van der Waals surface area contributed by atoms with Crippen molar-refractivity contribution in [2.45, 2.75) is 38.0 Å². The quantitative estimate of drug-likeness (QED) is 0.549. The van der Waals surface area contributed by atoms with Crippen molar-refractivity contribution >= 4 is 0 Å². The summed E-state index contributed by atoms with van der Waals surface area (Å²) in [7, 11) is 0. The standard InChI is InChI=1S/C6H11FO/c1-2-6(8)3-5(7)4-6/h5,8H,2-4H2,1H3. The van der Waals surface area contributed by atoms with Crippen LogP contribution in [0.1, 0.15) is 26.2 Å². The number of rotatable bonds is 1. The van der Waals surface area contributed by atoms with Gasteiger partial charge in [0.05, 0.1) is 5.60 Å². The Balaban J connectivity index is 2.30. The lowest BCUT2D eigenvalue weighted by Gasteiger charge is -2.38. The van der Waals surface area contributed by atoms with Gasteiger partial charge in [-0.15, -0.1) is 0 Å². The minimum atomic E-state index is -0.736. The second kappa shape index (κ2) is 1.69. The summed E-state index contributed by atoms with van der Waals surface area (Å²) >= 11 is 0. The van der Waals surface area contributed by atoms with Crippen LogP contribution in [0.5, 0.6) is 0 Å². The molecule has 1 N–H and O–H groups in total. The molecule has 0 aromatic heterocycles. The van der Waals surface area contributed by atoms with E-state index in [2.05, 4.69) is 0 Å². The van der Waals surface area contributed by atoms with Crippen LogP contribution in [0.3, 0.4) is 0 Å². The molecular weight excluding hydrogens is 107 g/mol. The van der Waals surface area contributed by atoms with Crippen LogP contribution in [0.25, 0.3) is 0 Å². The van der Waals surface area contributed by atoms with Crippen molar-refractivity contribution in [1.82, 2.24) is 0 Å². The zero-order valence-electron chi connectivity index (χ0n) is 5.02. The van der Waals surface area contributed by atoms with Crippen LogP contribution in [0.2, 0.25) is 0 Å². The summed E-state index contributed by atoms with van der Waals surface area (Å²) in [6.45, 7) is 1.88. The van der Waals surface area contributed by atoms with E-state index in [1.807, 2.05) is 6.92 Å². The van der Waals surface area contributed by atoms with Gasteiger partial charge in [0, 0.05) is 12.8 Å². The first-order valence-electron chi connectivity index (χ1n) is 3.03. The summed E-state index contributed by atoms with van der Waals surface area (Å²) < 4.78 is 12.0. The van der Waals surface area contributed by atoms with E-state index >= 15 is 0 Å². The molecule has 1 saturated carbocycles. The summed E-state index contributed by atoms with van der Waals surface area (Å²) in [5.74, 6) is 0. The monoisotopic (exact) mass is 118 g/mol. The Morgan fingerprint density at radius 1 is 1.75 bits per heavy atom. The van der Waals surface area contributed by atoms with Gasteiger partial charge < -0.3 is 5.11 Å². The third kappa shape index (κ3) is 0.848. The first-order chi connectivity index (χ1) is 3.66. The largest absolute Gasteiger partial charge is 0.390 e. The summed E-state index contributed by atoms with van der Waals surface area (Å²) in [4.78, 5) is 0. The van der Waals surface area contributed by atoms with E-state index in [0.29, 0.717) is 19.3 Å². The number of aliphatic hydroxyl groups is 1. The van der Waals surface area contributed by atoms with Crippen molar-refractivity contribution in [2.24, 2.45) is 0 Å². The Hall–Kier alpha value is -0.110. The Morgan fingerprint density at radius 2 is 2.25 bits per heavy atom. The first kappa shape index (κ1) is 6.02. The molecule has 1 fully saturated rings. The predicted molar refractivity (Wildman–Crippen MR) is 29.4 cm³/mol. The summed E-state index contributed by atoms with van der Waals surface area (Å²) in [6, 6.07) is 0. The van der Waals surface area contributed by atoms with Crippen molar-refractivity contribution in [3.05, 3.63) is 0 Å². The number of halogens is 1. The van der Waals surface area contributed by atoms with E-state index < -0.39 is 11.8 Å². The van der Waals surface area contributed by atoms with E-state index in [1.165, 1.54) is 0 Å². The average molecular weight is 118 g/mol. The maximum Gasteiger partial charge on any atom is 0.106 e. The van der Waals surface area contributed by atoms with E-state index in [4.69, 9.17) is 5.11 Å². The fourth-order valence-electron chi connectivity index (χ4n) is 1.05. The molecule has 0 aromatic rings. The van der Waals surface area contributed by atoms with Crippen molar-refractivity contribution in [3.8, 4) is 0 Å². The maximum atomic E-state index is 12.0. The van der Waals surface area contributed by atoms with Gasteiger partial charge in [0.2, 0.25) is 0 Å². The molecule has 1 aliphatic carbocycles. The Kier molecular flexibility index (Phi) is 1.27. The SMILES string of the molecule is CCC1(O)CC(F)C1. The van der Waals surface area contributed by atoms with E-state index in [0.717, 1.165) is 0 Å². The van der Waals surface area contributed by atoms with Gasteiger partial charge in [0.25, 0.3) is 0 Å². The minimum absolute atomic E-state index is 0.351. The molecule has 0 amide bonds. The fourth-order valence-corrected chi connectivity index (χ4v) is 1.05. The molecule has 0 unspecified atom stereocenters. The molecule has 0 spiro atoms. The molecule has 0 heterocycles. The lowest BCUT2D eigenvalue weighted by molar-refractivity contribution is -0.0851. The summed E-state index contributed by atoms with van der Waals surface area (Å²) in [5, 5.41) is 9.15. The van der Waals surface area contributed by atoms with E-state index in [-0.39, 0.29) is 0 Å². The molecule has 0 atom stereocenters. The molecule has 1 aliphatic rings. The molecule has 2 heteroatoms. The molecular formula is C6H11FO. The van der Waals surface area contributed by atoms with Gasteiger partial charge in [-0.2, -0.15) is 0 Å². The molecule has 8 heavy (non-hydrogen) atoms. The predicted octanol–water partition coefficient (Wildman–Crippen LogP) is 1.26. The van der Waals surface area contributed by atoms with Crippen LogP contribution < -0.4 is 0 Å². The average Bonchev–Trinajstić information content (AvgIpc) is 1.63. The van der Waals surface area contributed by atoms with Gasteiger partial charge in [-0.05, 0) is 6.42 Å². The van der Waals surface area contributed by atoms with Crippen LogP contribution in [-0.2, 0) is 0 Å². The Morgan fingerprint density at radius 3 is 2.38 bits per heavy atom. The molecule has 0 aromatic carbocycles. The molecule has 0 bridgehead atoms. The van der Waals surface area contributed by atoms with E-state index in [1.54, 1.807) is 0 Å². The normalized spacial score (nSPS) is 46.1. The highest BCUT2D eigenvalue weighted by Crippen LogP contribution is 2.36. The molecule has 48 valence electrons. The van der Waals surface area contributed by atoms with Gasteiger partial charge in [-0.3, -0.25) is 0 Å². The smallest absolute Gasteiger partial charge is 0.106 e. The Bertz CT molecular complexity index is 86.5. The van der Waals surface area contributed by atoms with Crippen LogP contribution >= 0.6 is 0 Å². The summed E-state index contributed by atoms with van der Waals surface area (Å²) in [5.41, 5.74) is -0.639. The third-order valence-corrected chi connectivity index (χ3v) is 1.86. The molecule has 0 saturated heterocycles. The minimum Gasteiger partial charge on any atom is -0.390 e. The molecule has 1 nitrogen and oxygen atoms in total. The second-order valence-corrected chi connectivity index (χ2v) is 2.58.